The van der Waals surface area contributed by atoms with Gasteiger partial charge in [-0.3, -0.25) is 9.59 Å². The van der Waals surface area contributed by atoms with Crippen molar-refractivity contribution < 1.29 is 9.53 Å². The van der Waals surface area contributed by atoms with Crippen molar-refractivity contribution in [1.82, 2.24) is 14.9 Å². The highest BCUT2D eigenvalue weighted by Crippen LogP contribution is 2.16. The molecule has 2 aromatic carbocycles. The van der Waals surface area contributed by atoms with E-state index in [-0.39, 0.29) is 24.1 Å². The third-order valence-electron chi connectivity index (χ3n) is 5.27. The molecule has 0 bridgehead atoms. The van der Waals surface area contributed by atoms with Gasteiger partial charge >= 0.3 is 0 Å². The second kappa shape index (κ2) is 9.01. The van der Waals surface area contributed by atoms with E-state index in [2.05, 4.69) is 9.97 Å². The zero-order valence-corrected chi connectivity index (χ0v) is 16.3. The minimum atomic E-state index is -0.181. The number of aromatic nitrogens is 2. The summed E-state index contributed by atoms with van der Waals surface area (Å²) in [4.78, 5) is 34.6. The van der Waals surface area contributed by atoms with Crippen molar-refractivity contribution >= 4 is 16.8 Å². The number of rotatable bonds is 7. The number of nitrogens with zero attached hydrogens (tertiary/aromatic N) is 2. The largest absolute Gasteiger partial charge is 0.376 e. The van der Waals surface area contributed by atoms with E-state index < -0.39 is 0 Å². The normalized spacial score (nSPS) is 16.2. The number of para-hydroxylation sites is 1. The molecule has 29 heavy (non-hydrogen) atoms. The summed E-state index contributed by atoms with van der Waals surface area (Å²) in [5.41, 5.74) is 1.59. The smallest absolute Gasteiger partial charge is 0.258 e. The third kappa shape index (κ3) is 4.90. The van der Waals surface area contributed by atoms with Crippen LogP contribution in [0.1, 0.15) is 30.7 Å². The average molecular weight is 391 g/mol. The molecular weight excluding hydrogens is 366 g/mol. The van der Waals surface area contributed by atoms with Crippen molar-refractivity contribution in [3.8, 4) is 0 Å². The number of nitrogens with one attached hydrogen (secondary N) is 1. The van der Waals surface area contributed by atoms with Gasteiger partial charge in [0.2, 0.25) is 5.91 Å². The van der Waals surface area contributed by atoms with E-state index in [1.807, 2.05) is 48.5 Å². The summed E-state index contributed by atoms with van der Waals surface area (Å²) < 4.78 is 5.74. The van der Waals surface area contributed by atoms with Gasteiger partial charge in [0.1, 0.15) is 5.82 Å². The van der Waals surface area contributed by atoms with Crippen LogP contribution < -0.4 is 5.56 Å². The topological polar surface area (TPSA) is 75.3 Å². The molecule has 2 heterocycles. The first kappa shape index (κ1) is 19.3. The van der Waals surface area contributed by atoms with E-state index in [1.54, 1.807) is 11.0 Å². The second-order valence-electron chi connectivity index (χ2n) is 7.42. The quantitative estimate of drug-likeness (QED) is 0.672. The van der Waals surface area contributed by atoms with Crippen LogP contribution in [0.25, 0.3) is 10.9 Å². The van der Waals surface area contributed by atoms with Gasteiger partial charge in [0, 0.05) is 19.6 Å². The molecule has 0 unspecified atom stereocenters. The minimum absolute atomic E-state index is 0.0418. The first-order chi connectivity index (χ1) is 14.2. The molecular formula is C23H25N3O3. The Labute approximate surface area is 169 Å². The number of aromatic amines is 1. The van der Waals surface area contributed by atoms with Crippen LogP contribution in [0.3, 0.4) is 0 Å². The molecule has 1 amide bonds. The molecule has 1 N–H and O–H groups in total. The van der Waals surface area contributed by atoms with E-state index in [0.29, 0.717) is 36.1 Å². The fraction of sp³-hybridized carbons (Fsp3) is 0.348. The van der Waals surface area contributed by atoms with E-state index in [1.165, 1.54) is 0 Å². The van der Waals surface area contributed by atoms with Gasteiger partial charge in [0.05, 0.1) is 23.6 Å². The van der Waals surface area contributed by atoms with Crippen LogP contribution in [0.15, 0.2) is 59.4 Å². The maximum Gasteiger partial charge on any atom is 0.258 e. The SMILES string of the molecule is O=C(CCc1ccccc1)N(Cc1nc2ccccc2c(=O)[nH]1)C[C@@H]1CCCO1. The highest BCUT2D eigenvalue weighted by Gasteiger charge is 2.23. The van der Waals surface area contributed by atoms with Crippen molar-refractivity contribution in [3.63, 3.8) is 0 Å². The van der Waals surface area contributed by atoms with E-state index in [9.17, 15) is 9.59 Å². The van der Waals surface area contributed by atoms with Crippen LogP contribution in [0.5, 0.6) is 0 Å². The molecule has 3 aromatic rings. The molecule has 0 saturated carbocycles. The van der Waals surface area contributed by atoms with Crippen molar-refractivity contribution in [2.45, 2.75) is 38.3 Å². The summed E-state index contributed by atoms with van der Waals surface area (Å²) in [6, 6.07) is 17.2. The molecule has 1 atom stereocenters. The lowest BCUT2D eigenvalue weighted by molar-refractivity contribution is -0.133. The van der Waals surface area contributed by atoms with Crippen molar-refractivity contribution in [2.75, 3.05) is 13.2 Å². The molecule has 1 aromatic heterocycles. The Balaban J connectivity index is 1.51. The third-order valence-corrected chi connectivity index (χ3v) is 5.27. The van der Waals surface area contributed by atoms with Crippen molar-refractivity contribution in [1.29, 1.82) is 0 Å². The van der Waals surface area contributed by atoms with Gasteiger partial charge in [-0.2, -0.15) is 0 Å². The number of aryl methyl sites for hydroxylation is 1. The predicted molar refractivity (Wildman–Crippen MR) is 112 cm³/mol. The van der Waals surface area contributed by atoms with Crippen LogP contribution in [0.2, 0.25) is 0 Å². The van der Waals surface area contributed by atoms with E-state index in [4.69, 9.17) is 4.74 Å². The van der Waals surface area contributed by atoms with Gasteiger partial charge in [-0.25, -0.2) is 4.98 Å². The summed E-state index contributed by atoms with van der Waals surface area (Å²) in [5, 5.41) is 0.553. The number of ether oxygens (including phenoxy) is 1. The monoisotopic (exact) mass is 391 g/mol. The molecule has 6 nitrogen and oxygen atoms in total. The number of carbonyl (C=O) groups is 1. The Hall–Kier alpha value is -2.99. The number of amides is 1. The standard InChI is InChI=1S/C23H25N3O3/c27-22(13-12-17-7-2-1-3-8-17)26(15-18-9-6-14-29-18)16-21-24-20-11-5-4-10-19(20)23(28)25-21/h1-5,7-8,10-11,18H,6,9,12-16H2,(H,24,25,28)/t18-/m0/s1. The number of H-pyrrole nitrogens is 1. The highest BCUT2D eigenvalue weighted by molar-refractivity contribution is 5.78. The number of carbonyl (C=O) groups excluding carboxylic acids is 1. The fourth-order valence-corrected chi connectivity index (χ4v) is 3.73. The Morgan fingerprint density at radius 2 is 1.93 bits per heavy atom. The van der Waals surface area contributed by atoms with Crippen LogP contribution >= 0.6 is 0 Å². The average Bonchev–Trinajstić information content (AvgIpc) is 3.25. The number of fused-ring (bicyclic) bond motifs is 1. The number of hydrogen-bond donors (Lipinski definition) is 1. The van der Waals surface area contributed by atoms with Gasteiger partial charge in [0.15, 0.2) is 0 Å². The van der Waals surface area contributed by atoms with Gasteiger partial charge in [-0.05, 0) is 37.0 Å². The van der Waals surface area contributed by atoms with Crippen LogP contribution in [0, 0.1) is 0 Å². The maximum absolute atomic E-state index is 13.0. The van der Waals surface area contributed by atoms with Gasteiger partial charge in [0.25, 0.3) is 5.56 Å². The Morgan fingerprint density at radius 3 is 2.72 bits per heavy atom. The summed E-state index contributed by atoms with van der Waals surface area (Å²) in [6.07, 6.45) is 3.10. The summed E-state index contributed by atoms with van der Waals surface area (Å²) in [5.74, 6) is 0.542. The summed E-state index contributed by atoms with van der Waals surface area (Å²) >= 11 is 0. The van der Waals surface area contributed by atoms with Gasteiger partial charge < -0.3 is 14.6 Å². The zero-order chi connectivity index (χ0) is 20.1. The fourth-order valence-electron chi connectivity index (χ4n) is 3.73. The molecule has 1 aliphatic heterocycles. The second-order valence-corrected chi connectivity index (χ2v) is 7.42. The molecule has 1 saturated heterocycles. The van der Waals surface area contributed by atoms with Crippen LogP contribution in [-0.2, 0) is 22.5 Å². The Morgan fingerprint density at radius 1 is 1.14 bits per heavy atom. The van der Waals surface area contributed by atoms with E-state index >= 15 is 0 Å². The number of hydrogen-bond acceptors (Lipinski definition) is 4. The summed E-state index contributed by atoms with van der Waals surface area (Å²) in [7, 11) is 0. The molecule has 150 valence electrons. The lowest BCUT2D eigenvalue weighted by Crippen LogP contribution is -2.38. The first-order valence-corrected chi connectivity index (χ1v) is 10.1. The van der Waals surface area contributed by atoms with Gasteiger partial charge in [-0.1, -0.05) is 42.5 Å². The predicted octanol–water partition coefficient (Wildman–Crippen LogP) is 3.06. The van der Waals surface area contributed by atoms with Crippen molar-refractivity contribution in [2.24, 2.45) is 0 Å². The molecule has 0 aliphatic carbocycles. The minimum Gasteiger partial charge on any atom is -0.376 e. The van der Waals surface area contributed by atoms with Gasteiger partial charge in [-0.15, -0.1) is 0 Å². The molecule has 0 spiro atoms. The highest BCUT2D eigenvalue weighted by atomic mass is 16.5. The molecule has 0 radical (unpaired) electrons. The number of benzene rings is 2. The Bertz CT molecular complexity index is 1030. The lowest BCUT2D eigenvalue weighted by atomic mass is 10.1. The molecule has 6 heteroatoms. The first-order valence-electron chi connectivity index (χ1n) is 10.1. The zero-order valence-electron chi connectivity index (χ0n) is 16.3. The molecule has 4 rings (SSSR count). The Kier molecular flexibility index (Phi) is 6.00. The van der Waals surface area contributed by atoms with Crippen LogP contribution in [0.4, 0.5) is 0 Å². The summed E-state index contributed by atoms with van der Waals surface area (Å²) in [6.45, 7) is 1.53. The van der Waals surface area contributed by atoms with E-state index in [0.717, 1.165) is 25.0 Å². The lowest BCUT2D eigenvalue weighted by Gasteiger charge is -2.25. The molecule has 1 fully saturated rings. The maximum atomic E-state index is 13.0. The van der Waals surface area contributed by atoms with Crippen LogP contribution in [-0.4, -0.2) is 40.0 Å². The molecule has 1 aliphatic rings. The van der Waals surface area contributed by atoms with Crippen molar-refractivity contribution in [3.05, 3.63) is 76.3 Å².